The zero-order chi connectivity index (χ0) is 18.4. The number of anilines is 1. The number of amides is 1. The van der Waals surface area contributed by atoms with Gasteiger partial charge in [-0.25, -0.2) is 4.39 Å². The fourth-order valence-electron chi connectivity index (χ4n) is 1.93. The fraction of sp³-hybridized carbons (Fsp3) is 0.118. The summed E-state index contributed by atoms with van der Waals surface area (Å²) in [6.45, 7) is -2.98. The van der Waals surface area contributed by atoms with Crippen molar-refractivity contribution in [1.29, 1.82) is 0 Å². The molecule has 2 aromatic carbocycles. The van der Waals surface area contributed by atoms with E-state index in [0.29, 0.717) is 5.56 Å². The number of ether oxygens (including phenoxy) is 2. The molecule has 0 bridgehead atoms. The molecule has 0 aromatic heterocycles. The summed E-state index contributed by atoms with van der Waals surface area (Å²) in [5, 5.41) is 2.24. The van der Waals surface area contributed by atoms with Gasteiger partial charge in [0, 0.05) is 6.08 Å². The van der Waals surface area contributed by atoms with Crippen LogP contribution in [-0.4, -0.2) is 19.6 Å². The first kappa shape index (κ1) is 18.7. The van der Waals surface area contributed by atoms with Crippen molar-refractivity contribution in [3.63, 3.8) is 0 Å². The van der Waals surface area contributed by atoms with E-state index in [-0.39, 0.29) is 22.2 Å². The number of rotatable bonds is 6. The summed E-state index contributed by atoms with van der Waals surface area (Å²) in [7, 11) is 1.30. The third-order valence-corrected chi connectivity index (χ3v) is 3.33. The van der Waals surface area contributed by atoms with Gasteiger partial charge in [-0.2, -0.15) is 8.78 Å². The molecule has 1 amide bonds. The van der Waals surface area contributed by atoms with Gasteiger partial charge in [-0.05, 0) is 35.9 Å². The molecule has 0 aliphatic heterocycles. The number of halogens is 4. The minimum Gasteiger partial charge on any atom is -0.493 e. The van der Waals surface area contributed by atoms with Crippen molar-refractivity contribution in [1.82, 2.24) is 0 Å². The molecule has 2 aromatic rings. The van der Waals surface area contributed by atoms with Crippen LogP contribution in [0.1, 0.15) is 5.56 Å². The number of hydrogen-bond acceptors (Lipinski definition) is 3. The van der Waals surface area contributed by atoms with Crippen LogP contribution in [0.15, 0.2) is 42.5 Å². The zero-order valence-electron chi connectivity index (χ0n) is 12.9. The molecule has 0 aliphatic carbocycles. The molecule has 0 saturated heterocycles. The van der Waals surface area contributed by atoms with Gasteiger partial charge in [-0.1, -0.05) is 23.7 Å². The van der Waals surface area contributed by atoms with Crippen molar-refractivity contribution in [2.45, 2.75) is 6.61 Å². The molecule has 8 heteroatoms. The van der Waals surface area contributed by atoms with E-state index in [1.54, 1.807) is 0 Å². The summed E-state index contributed by atoms with van der Waals surface area (Å²) in [6.07, 6.45) is 2.56. The van der Waals surface area contributed by atoms with Crippen molar-refractivity contribution >= 4 is 29.3 Å². The predicted octanol–water partition coefficient (Wildman–Crippen LogP) is 4.74. The van der Waals surface area contributed by atoms with Gasteiger partial charge in [0.15, 0.2) is 17.3 Å². The zero-order valence-corrected chi connectivity index (χ0v) is 13.7. The van der Waals surface area contributed by atoms with Gasteiger partial charge in [-0.15, -0.1) is 0 Å². The molecule has 0 aliphatic rings. The Hall–Kier alpha value is -2.67. The van der Waals surface area contributed by atoms with Crippen LogP contribution >= 0.6 is 11.6 Å². The highest BCUT2D eigenvalue weighted by Crippen LogP contribution is 2.30. The van der Waals surface area contributed by atoms with Gasteiger partial charge >= 0.3 is 6.61 Å². The summed E-state index contributed by atoms with van der Waals surface area (Å²) in [5.41, 5.74) is 0.445. The van der Waals surface area contributed by atoms with E-state index >= 15 is 0 Å². The third kappa shape index (κ3) is 5.15. The second-order valence-electron chi connectivity index (χ2n) is 4.71. The second-order valence-corrected chi connectivity index (χ2v) is 5.12. The smallest absolute Gasteiger partial charge is 0.387 e. The standard InChI is InChI=1S/C17H13ClF3NO3/c1-24-14-9-10(5-7-13(14)25-17(20)21)6-8-15(23)22-12-4-2-3-11(18)16(12)19/h2-9,17H,1H3,(H,22,23)/b8-6+. The first-order valence-electron chi connectivity index (χ1n) is 6.96. The van der Waals surface area contributed by atoms with Crippen LogP contribution in [0, 0.1) is 5.82 Å². The van der Waals surface area contributed by atoms with E-state index in [9.17, 15) is 18.0 Å². The SMILES string of the molecule is COc1cc(/C=C/C(=O)Nc2cccc(Cl)c2F)ccc1OC(F)F. The van der Waals surface area contributed by atoms with E-state index in [0.717, 1.165) is 6.08 Å². The Kier molecular flexibility index (Phi) is 6.30. The van der Waals surface area contributed by atoms with Gasteiger partial charge in [0.05, 0.1) is 17.8 Å². The molecule has 4 nitrogen and oxygen atoms in total. The lowest BCUT2D eigenvalue weighted by atomic mass is 10.2. The van der Waals surface area contributed by atoms with Crippen LogP contribution < -0.4 is 14.8 Å². The van der Waals surface area contributed by atoms with E-state index in [4.69, 9.17) is 16.3 Å². The van der Waals surface area contributed by atoms with Crippen LogP contribution in [0.2, 0.25) is 5.02 Å². The number of benzene rings is 2. The maximum Gasteiger partial charge on any atom is 0.387 e. The first-order valence-corrected chi connectivity index (χ1v) is 7.34. The number of hydrogen-bond donors (Lipinski definition) is 1. The number of carbonyl (C=O) groups is 1. The molecule has 0 atom stereocenters. The van der Waals surface area contributed by atoms with Crippen LogP contribution in [0.3, 0.4) is 0 Å². The summed E-state index contributed by atoms with van der Waals surface area (Å²) in [4.78, 5) is 11.9. The lowest BCUT2D eigenvalue weighted by Gasteiger charge is -2.10. The van der Waals surface area contributed by atoms with Gasteiger partial charge in [0.25, 0.3) is 0 Å². The van der Waals surface area contributed by atoms with E-state index < -0.39 is 18.3 Å². The highest BCUT2D eigenvalue weighted by molar-refractivity contribution is 6.31. The number of carbonyl (C=O) groups excluding carboxylic acids is 1. The van der Waals surface area contributed by atoms with Crippen molar-refractivity contribution in [3.05, 3.63) is 58.9 Å². The first-order chi connectivity index (χ1) is 11.9. The van der Waals surface area contributed by atoms with Crippen molar-refractivity contribution < 1.29 is 27.4 Å². The van der Waals surface area contributed by atoms with Crippen molar-refractivity contribution in [3.8, 4) is 11.5 Å². The highest BCUT2D eigenvalue weighted by Gasteiger charge is 2.11. The summed E-state index contributed by atoms with van der Waals surface area (Å²) in [6, 6.07) is 8.39. The van der Waals surface area contributed by atoms with E-state index in [2.05, 4.69) is 10.1 Å². The molecule has 0 radical (unpaired) electrons. The molecule has 132 valence electrons. The maximum absolute atomic E-state index is 13.7. The van der Waals surface area contributed by atoms with E-state index in [1.165, 1.54) is 49.6 Å². The molecular formula is C17H13ClF3NO3. The Labute approximate surface area is 146 Å². The van der Waals surface area contributed by atoms with Gasteiger partial charge < -0.3 is 14.8 Å². The Bertz CT molecular complexity index is 797. The highest BCUT2D eigenvalue weighted by atomic mass is 35.5. The molecule has 1 N–H and O–H groups in total. The van der Waals surface area contributed by atoms with Crippen molar-refractivity contribution in [2.75, 3.05) is 12.4 Å². The minimum atomic E-state index is -2.98. The Morgan fingerprint density at radius 3 is 2.68 bits per heavy atom. The Morgan fingerprint density at radius 2 is 2.00 bits per heavy atom. The maximum atomic E-state index is 13.7. The average Bonchev–Trinajstić information content (AvgIpc) is 2.57. The average molecular weight is 372 g/mol. The number of nitrogens with one attached hydrogen (secondary N) is 1. The molecule has 0 spiro atoms. The molecule has 2 rings (SSSR count). The monoisotopic (exact) mass is 371 g/mol. The van der Waals surface area contributed by atoms with Crippen LogP contribution in [0.5, 0.6) is 11.5 Å². The number of methoxy groups -OCH3 is 1. The lowest BCUT2D eigenvalue weighted by molar-refractivity contribution is -0.111. The number of alkyl halides is 2. The van der Waals surface area contributed by atoms with Crippen LogP contribution in [0.4, 0.5) is 18.9 Å². The normalized spacial score (nSPS) is 11.0. The Balaban J connectivity index is 2.10. The fourth-order valence-corrected chi connectivity index (χ4v) is 2.10. The third-order valence-electron chi connectivity index (χ3n) is 3.04. The molecule has 25 heavy (non-hydrogen) atoms. The van der Waals surface area contributed by atoms with Gasteiger partial charge in [-0.3, -0.25) is 4.79 Å². The largest absolute Gasteiger partial charge is 0.493 e. The minimum absolute atomic E-state index is 0.0552. The second kappa shape index (κ2) is 8.43. The van der Waals surface area contributed by atoms with Crippen LogP contribution in [-0.2, 0) is 4.79 Å². The summed E-state index contributed by atoms with van der Waals surface area (Å²) in [5.74, 6) is -1.36. The molecule has 0 saturated carbocycles. The quantitative estimate of drug-likeness (QED) is 0.746. The Morgan fingerprint density at radius 1 is 1.24 bits per heavy atom. The van der Waals surface area contributed by atoms with Gasteiger partial charge in [0.1, 0.15) is 0 Å². The molecule has 0 heterocycles. The topological polar surface area (TPSA) is 47.6 Å². The van der Waals surface area contributed by atoms with E-state index in [1.807, 2.05) is 0 Å². The lowest BCUT2D eigenvalue weighted by Crippen LogP contribution is -2.09. The molecule has 0 fully saturated rings. The molecular weight excluding hydrogens is 359 g/mol. The molecule has 0 unspecified atom stereocenters. The van der Waals surface area contributed by atoms with Gasteiger partial charge in [0.2, 0.25) is 5.91 Å². The summed E-state index contributed by atoms with van der Waals surface area (Å²) >= 11 is 5.63. The van der Waals surface area contributed by atoms with Crippen molar-refractivity contribution in [2.24, 2.45) is 0 Å². The predicted molar refractivity (Wildman–Crippen MR) is 88.7 cm³/mol. The summed E-state index contributed by atoms with van der Waals surface area (Å²) < 4.78 is 47.5. The van der Waals surface area contributed by atoms with Crippen LogP contribution in [0.25, 0.3) is 6.08 Å².